The van der Waals surface area contributed by atoms with Crippen molar-refractivity contribution in [2.24, 2.45) is 7.05 Å². The van der Waals surface area contributed by atoms with Gasteiger partial charge in [0, 0.05) is 18.1 Å². The first kappa shape index (κ1) is 13.6. The van der Waals surface area contributed by atoms with Crippen LogP contribution in [0.5, 0.6) is 0 Å². The number of nitrogens with one attached hydrogen (secondary N) is 1. The molecule has 0 unspecified atom stereocenters. The molecule has 1 amide bonds. The quantitative estimate of drug-likeness (QED) is 0.849. The zero-order valence-electron chi connectivity index (χ0n) is 10.6. The Hall–Kier alpha value is -1.82. The van der Waals surface area contributed by atoms with Crippen molar-refractivity contribution in [1.82, 2.24) is 9.78 Å². The second-order valence-corrected chi connectivity index (χ2v) is 4.65. The Kier molecular flexibility index (Phi) is 3.90. The van der Waals surface area contributed by atoms with Gasteiger partial charge in [0.05, 0.1) is 16.9 Å². The molecule has 6 heteroatoms. The average molecular weight is 279 g/mol. The van der Waals surface area contributed by atoms with E-state index in [2.05, 4.69) is 23.0 Å². The van der Waals surface area contributed by atoms with Gasteiger partial charge in [0.1, 0.15) is 5.82 Å². The van der Waals surface area contributed by atoms with Crippen LogP contribution in [0.4, 0.5) is 10.1 Å². The molecule has 0 radical (unpaired) electrons. The molecule has 0 aliphatic carbocycles. The highest BCUT2D eigenvalue weighted by Gasteiger charge is 2.15. The summed E-state index contributed by atoms with van der Waals surface area (Å²) >= 11 is 4.10. The standard InChI is InChI=1S/C13H14FN3OS/c1-3-11-12(7-17(2)16-11)15-13(18)9-6-8(19)4-5-10(9)14/h4-7,19H,3H2,1-2H3,(H,15,18). The van der Waals surface area contributed by atoms with E-state index in [4.69, 9.17) is 0 Å². The van der Waals surface area contributed by atoms with E-state index in [0.717, 1.165) is 5.69 Å². The lowest BCUT2D eigenvalue weighted by Crippen LogP contribution is -2.14. The summed E-state index contributed by atoms with van der Waals surface area (Å²) in [5.74, 6) is -1.08. The monoisotopic (exact) mass is 279 g/mol. The summed E-state index contributed by atoms with van der Waals surface area (Å²) in [4.78, 5) is 12.6. The number of halogens is 1. The van der Waals surface area contributed by atoms with Crippen LogP contribution < -0.4 is 5.32 Å². The molecule has 100 valence electrons. The Morgan fingerprint density at radius 2 is 2.26 bits per heavy atom. The molecule has 1 aromatic carbocycles. The summed E-state index contributed by atoms with van der Waals surface area (Å²) in [5, 5.41) is 6.88. The number of anilines is 1. The van der Waals surface area contributed by atoms with Gasteiger partial charge >= 0.3 is 0 Å². The lowest BCUT2D eigenvalue weighted by Gasteiger charge is -2.06. The molecule has 1 N–H and O–H groups in total. The van der Waals surface area contributed by atoms with Crippen LogP contribution in [0, 0.1) is 5.82 Å². The molecule has 19 heavy (non-hydrogen) atoms. The van der Waals surface area contributed by atoms with E-state index in [-0.39, 0.29) is 5.56 Å². The van der Waals surface area contributed by atoms with Crippen LogP contribution in [-0.2, 0) is 13.5 Å². The van der Waals surface area contributed by atoms with Crippen molar-refractivity contribution in [3.63, 3.8) is 0 Å². The van der Waals surface area contributed by atoms with Gasteiger partial charge in [-0.2, -0.15) is 5.10 Å². The number of hydrogen-bond donors (Lipinski definition) is 2. The highest BCUT2D eigenvalue weighted by molar-refractivity contribution is 7.80. The molecule has 0 aliphatic heterocycles. The molecule has 2 aromatic rings. The zero-order valence-corrected chi connectivity index (χ0v) is 11.5. The lowest BCUT2D eigenvalue weighted by atomic mass is 10.2. The molecule has 2 rings (SSSR count). The largest absolute Gasteiger partial charge is 0.319 e. The van der Waals surface area contributed by atoms with Crippen molar-refractivity contribution in [2.45, 2.75) is 18.2 Å². The number of thiol groups is 1. The van der Waals surface area contributed by atoms with Crippen LogP contribution >= 0.6 is 12.6 Å². The highest BCUT2D eigenvalue weighted by atomic mass is 32.1. The predicted molar refractivity (Wildman–Crippen MR) is 74.2 cm³/mol. The van der Waals surface area contributed by atoms with E-state index in [9.17, 15) is 9.18 Å². The number of aryl methyl sites for hydroxylation is 2. The molecule has 0 atom stereocenters. The van der Waals surface area contributed by atoms with E-state index < -0.39 is 11.7 Å². The van der Waals surface area contributed by atoms with Gasteiger partial charge in [0.25, 0.3) is 5.91 Å². The lowest BCUT2D eigenvalue weighted by molar-refractivity contribution is 0.102. The van der Waals surface area contributed by atoms with Gasteiger partial charge in [-0.25, -0.2) is 4.39 Å². The number of benzene rings is 1. The fourth-order valence-electron chi connectivity index (χ4n) is 1.78. The van der Waals surface area contributed by atoms with Gasteiger partial charge in [0.2, 0.25) is 0 Å². The van der Waals surface area contributed by atoms with E-state index in [0.29, 0.717) is 17.0 Å². The summed E-state index contributed by atoms with van der Waals surface area (Å²) < 4.78 is 15.2. The van der Waals surface area contributed by atoms with Crippen LogP contribution in [0.1, 0.15) is 23.0 Å². The number of carbonyl (C=O) groups is 1. The Labute approximate surface area is 116 Å². The molecule has 0 bridgehead atoms. The molecule has 1 heterocycles. The van der Waals surface area contributed by atoms with Crippen molar-refractivity contribution in [3.8, 4) is 0 Å². The van der Waals surface area contributed by atoms with Crippen LogP contribution in [-0.4, -0.2) is 15.7 Å². The van der Waals surface area contributed by atoms with Crippen LogP contribution in [0.2, 0.25) is 0 Å². The SMILES string of the molecule is CCc1nn(C)cc1NC(=O)c1cc(S)ccc1F. The topological polar surface area (TPSA) is 46.9 Å². The molecule has 4 nitrogen and oxygen atoms in total. The van der Waals surface area contributed by atoms with Gasteiger partial charge in [-0.3, -0.25) is 9.48 Å². The molecule has 0 saturated heterocycles. The summed E-state index contributed by atoms with van der Waals surface area (Å²) in [7, 11) is 1.77. The van der Waals surface area contributed by atoms with Gasteiger partial charge < -0.3 is 5.32 Å². The van der Waals surface area contributed by atoms with Crippen molar-refractivity contribution in [3.05, 3.63) is 41.5 Å². The maximum absolute atomic E-state index is 13.6. The molecular formula is C13H14FN3OS. The Bertz CT molecular complexity index is 624. The van der Waals surface area contributed by atoms with Crippen molar-refractivity contribution >= 4 is 24.2 Å². The van der Waals surface area contributed by atoms with E-state index >= 15 is 0 Å². The van der Waals surface area contributed by atoms with Crippen molar-refractivity contribution < 1.29 is 9.18 Å². The summed E-state index contributed by atoms with van der Waals surface area (Å²) in [6.45, 7) is 1.94. The Morgan fingerprint density at radius 3 is 2.95 bits per heavy atom. The first-order valence-electron chi connectivity index (χ1n) is 5.83. The highest BCUT2D eigenvalue weighted by Crippen LogP contribution is 2.18. The van der Waals surface area contributed by atoms with E-state index in [1.807, 2.05) is 6.92 Å². The van der Waals surface area contributed by atoms with Gasteiger partial charge in [-0.1, -0.05) is 6.92 Å². The maximum Gasteiger partial charge on any atom is 0.258 e. The second kappa shape index (κ2) is 5.44. The summed E-state index contributed by atoms with van der Waals surface area (Å²) in [6, 6.07) is 4.12. The molecular weight excluding hydrogens is 265 g/mol. The first-order valence-corrected chi connectivity index (χ1v) is 6.28. The number of nitrogens with zero attached hydrogens (tertiary/aromatic N) is 2. The van der Waals surface area contributed by atoms with Crippen molar-refractivity contribution in [2.75, 3.05) is 5.32 Å². The fraction of sp³-hybridized carbons (Fsp3) is 0.231. The van der Waals surface area contributed by atoms with Crippen LogP contribution in [0.3, 0.4) is 0 Å². The maximum atomic E-state index is 13.6. The third-order valence-corrected chi connectivity index (χ3v) is 2.96. The first-order chi connectivity index (χ1) is 9.01. The zero-order chi connectivity index (χ0) is 14.0. The second-order valence-electron chi connectivity index (χ2n) is 4.13. The minimum absolute atomic E-state index is 0.0293. The number of hydrogen-bond acceptors (Lipinski definition) is 3. The predicted octanol–water partition coefficient (Wildman–Crippen LogP) is 2.66. The summed E-state index contributed by atoms with van der Waals surface area (Å²) in [5.41, 5.74) is 1.33. The summed E-state index contributed by atoms with van der Waals surface area (Å²) in [6.07, 6.45) is 2.38. The van der Waals surface area contributed by atoms with Gasteiger partial charge in [-0.15, -0.1) is 12.6 Å². The van der Waals surface area contributed by atoms with E-state index in [1.165, 1.54) is 18.2 Å². The Morgan fingerprint density at radius 1 is 1.53 bits per heavy atom. The van der Waals surface area contributed by atoms with E-state index in [1.54, 1.807) is 17.9 Å². The molecule has 0 aliphatic rings. The van der Waals surface area contributed by atoms with Crippen LogP contribution in [0.15, 0.2) is 29.3 Å². The normalized spacial score (nSPS) is 10.5. The van der Waals surface area contributed by atoms with Gasteiger partial charge in [0.15, 0.2) is 0 Å². The number of amides is 1. The minimum atomic E-state index is -0.572. The number of rotatable bonds is 3. The van der Waals surface area contributed by atoms with Crippen molar-refractivity contribution in [1.29, 1.82) is 0 Å². The third-order valence-electron chi connectivity index (χ3n) is 2.68. The molecule has 0 fully saturated rings. The molecule has 1 aromatic heterocycles. The minimum Gasteiger partial charge on any atom is -0.319 e. The molecule has 0 saturated carbocycles. The number of carbonyl (C=O) groups excluding carboxylic acids is 1. The van der Waals surface area contributed by atoms with Crippen LogP contribution in [0.25, 0.3) is 0 Å². The smallest absolute Gasteiger partial charge is 0.258 e. The third kappa shape index (κ3) is 2.96. The molecule has 0 spiro atoms. The Balaban J connectivity index is 2.27. The fourth-order valence-corrected chi connectivity index (χ4v) is 1.98. The van der Waals surface area contributed by atoms with Gasteiger partial charge in [-0.05, 0) is 24.6 Å². The average Bonchev–Trinajstić information content (AvgIpc) is 2.72. The number of aromatic nitrogens is 2.